The van der Waals surface area contributed by atoms with E-state index in [0.717, 1.165) is 11.3 Å². The van der Waals surface area contributed by atoms with E-state index in [1.54, 1.807) is 6.07 Å². The van der Waals surface area contributed by atoms with Crippen LogP contribution in [0.15, 0.2) is 42.5 Å². The third kappa shape index (κ3) is 2.94. The Hall–Kier alpha value is -1.58. The second-order valence-corrected chi connectivity index (χ2v) is 5.22. The lowest BCUT2D eigenvalue weighted by atomic mass is 10.0. The van der Waals surface area contributed by atoms with Crippen LogP contribution in [0.2, 0.25) is 5.02 Å². The summed E-state index contributed by atoms with van der Waals surface area (Å²) in [5, 5.41) is 0.706. The Balaban J connectivity index is 2.33. The molecule has 1 atom stereocenters. The number of hydrogen-bond donors (Lipinski definition) is 1. The fourth-order valence-corrected chi connectivity index (χ4v) is 2.38. The fourth-order valence-electron chi connectivity index (χ4n) is 2.25. The van der Waals surface area contributed by atoms with Gasteiger partial charge in [-0.2, -0.15) is 0 Å². The summed E-state index contributed by atoms with van der Waals surface area (Å²) < 4.78 is 13.8. The minimum absolute atomic E-state index is 0.0966. The second kappa shape index (κ2) is 6.25. The van der Waals surface area contributed by atoms with Crippen molar-refractivity contribution in [2.75, 3.05) is 11.9 Å². The van der Waals surface area contributed by atoms with Crippen LogP contribution < -0.4 is 10.6 Å². The highest BCUT2D eigenvalue weighted by Crippen LogP contribution is 2.29. The van der Waals surface area contributed by atoms with Gasteiger partial charge in [0.2, 0.25) is 0 Å². The quantitative estimate of drug-likeness (QED) is 0.918. The van der Waals surface area contributed by atoms with Crippen LogP contribution in [-0.2, 0) is 6.54 Å². The lowest BCUT2D eigenvalue weighted by Gasteiger charge is -2.29. The van der Waals surface area contributed by atoms with Gasteiger partial charge in [0.05, 0.1) is 6.04 Å². The first-order valence-corrected chi connectivity index (χ1v) is 6.88. The average Bonchev–Trinajstić information content (AvgIpc) is 2.46. The molecule has 106 valence electrons. The number of benzene rings is 2. The third-order valence-electron chi connectivity index (χ3n) is 3.61. The smallest absolute Gasteiger partial charge is 0.129 e. The van der Waals surface area contributed by atoms with Gasteiger partial charge in [0, 0.05) is 29.9 Å². The Bertz CT molecular complexity index is 584. The summed E-state index contributed by atoms with van der Waals surface area (Å²) in [6, 6.07) is 12.8. The first-order chi connectivity index (χ1) is 9.54. The summed E-state index contributed by atoms with van der Waals surface area (Å²) in [6.45, 7) is 2.24. The Morgan fingerprint density at radius 2 is 1.85 bits per heavy atom. The number of anilines is 1. The maximum absolute atomic E-state index is 13.8. The number of rotatable bonds is 4. The first kappa shape index (κ1) is 14.8. The molecule has 0 aliphatic carbocycles. The summed E-state index contributed by atoms with van der Waals surface area (Å²) in [7, 11) is 1.94. The molecule has 0 aliphatic rings. The van der Waals surface area contributed by atoms with Crippen molar-refractivity contribution >= 4 is 17.3 Å². The Morgan fingerprint density at radius 1 is 1.20 bits per heavy atom. The van der Waals surface area contributed by atoms with Crippen LogP contribution in [0.4, 0.5) is 10.1 Å². The fraction of sp³-hybridized carbons (Fsp3) is 0.250. The van der Waals surface area contributed by atoms with Crippen molar-refractivity contribution in [3.05, 3.63) is 64.4 Å². The maximum Gasteiger partial charge on any atom is 0.129 e. The van der Waals surface area contributed by atoms with Crippen molar-refractivity contribution in [1.29, 1.82) is 0 Å². The predicted octanol–water partition coefficient (Wildman–Crippen LogP) is 4.14. The molecule has 0 aromatic heterocycles. The van der Waals surface area contributed by atoms with Crippen LogP contribution in [0.1, 0.15) is 24.1 Å². The SMILES string of the molecule is CC(c1ccc(Cl)cc1)N(C)c1cccc(F)c1CN. The van der Waals surface area contributed by atoms with Crippen molar-refractivity contribution in [3.63, 3.8) is 0 Å². The lowest BCUT2D eigenvalue weighted by Crippen LogP contribution is -2.23. The van der Waals surface area contributed by atoms with E-state index in [-0.39, 0.29) is 18.4 Å². The van der Waals surface area contributed by atoms with E-state index in [9.17, 15) is 4.39 Å². The predicted molar refractivity (Wildman–Crippen MR) is 82.6 cm³/mol. The summed E-state index contributed by atoms with van der Waals surface area (Å²) in [4.78, 5) is 2.02. The summed E-state index contributed by atoms with van der Waals surface area (Å²) in [6.07, 6.45) is 0. The van der Waals surface area contributed by atoms with Gasteiger partial charge in [-0.15, -0.1) is 0 Å². The molecule has 0 saturated carbocycles. The Morgan fingerprint density at radius 3 is 2.45 bits per heavy atom. The number of nitrogens with zero attached hydrogens (tertiary/aromatic N) is 1. The molecule has 1 unspecified atom stereocenters. The molecule has 0 radical (unpaired) electrons. The molecule has 2 aromatic carbocycles. The third-order valence-corrected chi connectivity index (χ3v) is 3.86. The molecule has 20 heavy (non-hydrogen) atoms. The van der Waals surface area contributed by atoms with Gasteiger partial charge < -0.3 is 10.6 Å². The minimum Gasteiger partial charge on any atom is -0.367 e. The van der Waals surface area contributed by atoms with Gasteiger partial charge in [-0.25, -0.2) is 4.39 Å². The maximum atomic E-state index is 13.8. The first-order valence-electron chi connectivity index (χ1n) is 6.50. The van der Waals surface area contributed by atoms with Gasteiger partial charge in [-0.05, 0) is 36.8 Å². The molecule has 4 heteroatoms. The van der Waals surface area contributed by atoms with Gasteiger partial charge in [-0.1, -0.05) is 29.8 Å². The minimum atomic E-state index is -0.264. The van der Waals surface area contributed by atoms with E-state index in [2.05, 4.69) is 6.92 Å². The van der Waals surface area contributed by atoms with Crippen LogP contribution in [0.5, 0.6) is 0 Å². The van der Waals surface area contributed by atoms with Gasteiger partial charge in [0.25, 0.3) is 0 Å². The number of nitrogens with two attached hydrogens (primary N) is 1. The zero-order valence-corrected chi connectivity index (χ0v) is 12.4. The molecule has 0 heterocycles. The molecule has 0 amide bonds. The molecule has 0 aliphatic heterocycles. The van der Waals surface area contributed by atoms with Crippen LogP contribution in [0.25, 0.3) is 0 Å². The molecule has 0 bridgehead atoms. The van der Waals surface area contributed by atoms with Crippen molar-refractivity contribution in [2.45, 2.75) is 19.5 Å². The van der Waals surface area contributed by atoms with Crippen LogP contribution in [-0.4, -0.2) is 7.05 Å². The van der Waals surface area contributed by atoms with Crippen LogP contribution >= 0.6 is 11.6 Å². The highest BCUT2D eigenvalue weighted by Gasteiger charge is 2.16. The lowest BCUT2D eigenvalue weighted by molar-refractivity contribution is 0.607. The normalized spacial score (nSPS) is 12.2. The highest BCUT2D eigenvalue weighted by atomic mass is 35.5. The van der Waals surface area contributed by atoms with Gasteiger partial charge >= 0.3 is 0 Å². The molecule has 2 nitrogen and oxygen atoms in total. The summed E-state index contributed by atoms with van der Waals surface area (Å²) in [5.41, 5.74) is 8.13. The molecule has 2 N–H and O–H groups in total. The van der Waals surface area contributed by atoms with Gasteiger partial charge in [0.15, 0.2) is 0 Å². The van der Waals surface area contributed by atoms with Crippen molar-refractivity contribution in [2.24, 2.45) is 5.73 Å². The largest absolute Gasteiger partial charge is 0.367 e. The number of hydrogen-bond acceptors (Lipinski definition) is 2. The summed E-state index contributed by atoms with van der Waals surface area (Å²) >= 11 is 5.90. The van der Waals surface area contributed by atoms with E-state index < -0.39 is 0 Å². The molecular formula is C16H18ClFN2. The second-order valence-electron chi connectivity index (χ2n) is 4.78. The van der Waals surface area contributed by atoms with E-state index in [4.69, 9.17) is 17.3 Å². The molecule has 0 saturated heterocycles. The molecule has 2 rings (SSSR count). The van der Waals surface area contributed by atoms with Crippen LogP contribution in [0.3, 0.4) is 0 Å². The van der Waals surface area contributed by atoms with Gasteiger partial charge in [0.1, 0.15) is 5.82 Å². The van der Waals surface area contributed by atoms with Gasteiger partial charge in [-0.3, -0.25) is 0 Å². The molecule has 2 aromatic rings. The average molecular weight is 293 g/mol. The zero-order chi connectivity index (χ0) is 14.7. The van der Waals surface area contributed by atoms with E-state index >= 15 is 0 Å². The van der Waals surface area contributed by atoms with E-state index in [0.29, 0.717) is 10.6 Å². The van der Waals surface area contributed by atoms with E-state index in [1.807, 2.05) is 42.3 Å². The highest BCUT2D eigenvalue weighted by molar-refractivity contribution is 6.30. The molecule has 0 spiro atoms. The monoisotopic (exact) mass is 292 g/mol. The standard InChI is InChI=1S/C16H18ClFN2/c1-11(12-6-8-13(17)9-7-12)20(2)16-5-3-4-15(18)14(16)10-19/h3-9,11H,10,19H2,1-2H3. The Kier molecular flexibility index (Phi) is 4.63. The summed E-state index contributed by atoms with van der Waals surface area (Å²) in [5.74, 6) is -0.264. The topological polar surface area (TPSA) is 29.3 Å². The number of halogens is 2. The van der Waals surface area contributed by atoms with Crippen molar-refractivity contribution in [3.8, 4) is 0 Å². The van der Waals surface area contributed by atoms with E-state index in [1.165, 1.54) is 6.07 Å². The molecular weight excluding hydrogens is 275 g/mol. The van der Waals surface area contributed by atoms with Crippen LogP contribution in [0, 0.1) is 5.82 Å². The molecule has 0 fully saturated rings. The van der Waals surface area contributed by atoms with Crippen molar-refractivity contribution < 1.29 is 4.39 Å². The van der Waals surface area contributed by atoms with Crippen molar-refractivity contribution in [1.82, 2.24) is 0 Å². The Labute approximate surface area is 124 Å². The zero-order valence-electron chi connectivity index (χ0n) is 11.6.